The number of ether oxygens (including phenoxy) is 2. The van der Waals surface area contributed by atoms with Gasteiger partial charge >= 0.3 is 0 Å². The minimum atomic E-state index is -0.558. The van der Waals surface area contributed by atoms with Crippen LogP contribution < -0.4 is 15.2 Å². The normalized spacial score (nSPS) is 10.8. The molecule has 0 unspecified atom stereocenters. The summed E-state index contributed by atoms with van der Waals surface area (Å²) in [6.45, 7) is 1.46. The van der Waals surface area contributed by atoms with Crippen LogP contribution in [0.1, 0.15) is 10.6 Å². The van der Waals surface area contributed by atoms with E-state index in [0.29, 0.717) is 28.2 Å². The number of halogens is 1. The molecule has 3 aromatic rings. The number of alkyl halides is 1. The topological polar surface area (TPSA) is 83.2 Å². The number of hydrogen-bond acceptors (Lipinski definition) is 8. The van der Waals surface area contributed by atoms with Crippen LogP contribution >= 0.6 is 23.1 Å². The van der Waals surface area contributed by atoms with Crippen molar-refractivity contribution in [1.29, 1.82) is 0 Å². The number of aromatic nitrogens is 3. The summed E-state index contributed by atoms with van der Waals surface area (Å²) in [5, 5.41) is 1.49. The van der Waals surface area contributed by atoms with Crippen LogP contribution in [0.15, 0.2) is 35.6 Å². The fourth-order valence-electron chi connectivity index (χ4n) is 2.31. The van der Waals surface area contributed by atoms with E-state index in [1.807, 2.05) is 19.1 Å². The fourth-order valence-corrected chi connectivity index (χ4v) is 4.18. The number of anilines is 1. The second kappa shape index (κ2) is 9.01. The molecule has 2 N–H and O–H groups in total. The highest BCUT2D eigenvalue weighted by Gasteiger charge is 2.13. The molecule has 0 aliphatic heterocycles. The molecule has 9 heteroatoms. The summed E-state index contributed by atoms with van der Waals surface area (Å²) < 4.78 is 23.2. The van der Waals surface area contributed by atoms with Gasteiger partial charge in [-0.2, -0.15) is 0 Å². The third-order valence-electron chi connectivity index (χ3n) is 3.63. The molecule has 27 heavy (non-hydrogen) atoms. The van der Waals surface area contributed by atoms with Crippen molar-refractivity contribution in [1.82, 2.24) is 15.0 Å². The van der Waals surface area contributed by atoms with Crippen LogP contribution in [0.25, 0.3) is 10.6 Å². The summed E-state index contributed by atoms with van der Waals surface area (Å²) in [7, 11) is 1.55. The smallest absolute Gasteiger partial charge is 0.189 e. The Morgan fingerprint density at radius 3 is 2.81 bits per heavy atom. The predicted molar refractivity (Wildman–Crippen MR) is 106 cm³/mol. The lowest BCUT2D eigenvalue weighted by molar-refractivity contribution is 0.260. The van der Waals surface area contributed by atoms with Crippen molar-refractivity contribution in [3.8, 4) is 22.1 Å². The second-order valence-electron chi connectivity index (χ2n) is 5.48. The number of benzene rings is 1. The number of nitrogens with two attached hydrogens (primary N) is 1. The van der Waals surface area contributed by atoms with Crippen molar-refractivity contribution in [2.24, 2.45) is 0 Å². The van der Waals surface area contributed by atoms with Gasteiger partial charge in [0.1, 0.15) is 24.1 Å². The van der Waals surface area contributed by atoms with Gasteiger partial charge in [-0.25, -0.2) is 19.3 Å². The minimum Gasteiger partial charge on any atom is -0.493 e. The van der Waals surface area contributed by atoms with E-state index < -0.39 is 6.67 Å². The zero-order chi connectivity index (χ0) is 19.2. The Morgan fingerprint density at radius 2 is 2.07 bits per heavy atom. The van der Waals surface area contributed by atoms with E-state index in [-0.39, 0.29) is 6.61 Å². The highest BCUT2D eigenvalue weighted by atomic mass is 32.2. The highest BCUT2D eigenvalue weighted by Crippen LogP contribution is 2.36. The van der Waals surface area contributed by atoms with Gasteiger partial charge in [0.25, 0.3) is 0 Å². The van der Waals surface area contributed by atoms with Gasteiger partial charge in [0.2, 0.25) is 0 Å². The quantitative estimate of drug-likeness (QED) is 0.445. The number of rotatable bonds is 8. The molecular weight excluding hydrogens is 387 g/mol. The highest BCUT2D eigenvalue weighted by molar-refractivity contribution is 7.98. The van der Waals surface area contributed by atoms with Gasteiger partial charge in [-0.3, -0.25) is 0 Å². The van der Waals surface area contributed by atoms with E-state index in [9.17, 15) is 4.39 Å². The SMILES string of the molecule is COc1ccc(-c2nc(CSc3nccc(N)n3)c(C)s2)cc1OCCF. The lowest BCUT2D eigenvalue weighted by Crippen LogP contribution is -2.00. The monoisotopic (exact) mass is 406 g/mol. The molecule has 3 rings (SSSR count). The lowest BCUT2D eigenvalue weighted by Gasteiger charge is -2.10. The number of methoxy groups -OCH3 is 1. The van der Waals surface area contributed by atoms with E-state index in [0.717, 1.165) is 21.1 Å². The number of thiazole rings is 1. The molecule has 0 aliphatic carbocycles. The molecule has 0 atom stereocenters. The molecule has 6 nitrogen and oxygen atoms in total. The molecule has 2 aromatic heterocycles. The number of aryl methyl sites for hydroxylation is 1. The van der Waals surface area contributed by atoms with Crippen LogP contribution in [0.5, 0.6) is 11.5 Å². The number of hydrogen-bond donors (Lipinski definition) is 1. The number of nitrogen functional groups attached to an aromatic ring is 1. The van der Waals surface area contributed by atoms with Crippen molar-refractivity contribution in [2.45, 2.75) is 17.8 Å². The molecule has 142 valence electrons. The number of thioether (sulfide) groups is 1. The molecule has 0 amide bonds. The van der Waals surface area contributed by atoms with Crippen molar-refractivity contribution in [3.63, 3.8) is 0 Å². The molecule has 0 saturated heterocycles. The number of nitrogens with zero attached hydrogens (tertiary/aromatic N) is 3. The van der Waals surface area contributed by atoms with Crippen LogP contribution in [0, 0.1) is 6.92 Å². The summed E-state index contributed by atoms with van der Waals surface area (Å²) >= 11 is 3.08. The van der Waals surface area contributed by atoms with E-state index in [1.54, 1.807) is 36.8 Å². The molecule has 0 radical (unpaired) electrons. The van der Waals surface area contributed by atoms with E-state index >= 15 is 0 Å². The summed E-state index contributed by atoms with van der Waals surface area (Å²) in [6, 6.07) is 7.19. The zero-order valence-electron chi connectivity index (χ0n) is 14.9. The van der Waals surface area contributed by atoms with Gasteiger partial charge < -0.3 is 15.2 Å². The first-order valence-electron chi connectivity index (χ1n) is 8.15. The molecule has 0 bridgehead atoms. The first-order valence-corrected chi connectivity index (χ1v) is 9.95. The fraction of sp³-hybridized carbons (Fsp3) is 0.278. The van der Waals surface area contributed by atoms with Crippen molar-refractivity contribution < 1.29 is 13.9 Å². The van der Waals surface area contributed by atoms with Crippen LogP contribution in [0.3, 0.4) is 0 Å². The molecular formula is C18H19FN4O2S2. The third-order valence-corrected chi connectivity index (χ3v) is 5.57. The van der Waals surface area contributed by atoms with Crippen molar-refractivity contribution in [3.05, 3.63) is 41.0 Å². The first kappa shape index (κ1) is 19.4. The second-order valence-corrected chi connectivity index (χ2v) is 7.62. The first-order chi connectivity index (χ1) is 13.1. The Balaban J connectivity index is 1.79. The van der Waals surface area contributed by atoms with Gasteiger partial charge in [-0.15, -0.1) is 11.3 Å². The summed E-state index contributed by atoms with van der Waals surface area (Å²) in [5.74, 6) is 2.16. The van der Waals surface area contributed by atoms with E-state index in [1.165, 1.54) is 11.8 Å². The van der Waals surface area contributed by atoms with Crippen molar-refractivity contribution >= 4 is 28.9 Å². The van der Waals surface area contributed by atoms with Gasteiger partial charge in [-0.05, 0) is 31.2 Å². The largest absolute Gasteiger partial charge is 0.493 e. The molecule has 0 aliphatic rings. The zero-order valence-corrected chi connectivity index (χ0v) is 16.6. The Hall–Kier alpha value is -2.39. The predicted octanol–water partition coefficient (Wildman–Crippen LogP) is 4.14. The Bertz CT molecular complexity index is 920. The van der Waals surface area contributed by atoms with Crippen LogP contribution in [-0.2, 0) is 5.75 Å². The molecule has 2 heterocycles. The van der Waals surface area contributed by atoms with Crippen LogP contribution in [0.2, 0.25) is 0 Å². The van der Waals surface area contributed by atoms with Crippen molar-refractivity contribution in [2.75, 3.05) is 26.1 Å². The standard InChI is InChI=1S/C18H19FN4O2S2/c1-11-13(10-26-18-21-7-5-16(20)23-18)22-17(27-11)12-3-4-14(24-2)15(9-12)25-8-6-19/h3-5,7,9H,6,8,10H2,1-2H3,(H2,20,21,23). The molecule has 0 fully saturated rings. The maximum atomic E-state index is 12.4. The van der Waals surface area contributed by atoms with Crippen LogP contribution in [-0.4, -0.2) is 35.3 Å². The summed E-state index contributed by atoms with van der Waals surface area (Å²) in [6.07, 6.45) is 1.64. The van der Waals surface area contributed by atoms with E-state index in [2.05, 4.69) is 9.97 Å². The Kier molecular flexibility index (Phi) is 6.46. The maximum Gasteiger partial charge on any atom is 0.189 e. The average molecular weight is 407 g/mol. The van der Waals surface area contributed by atoms with Gasteiger partial charge in [0.05, 0.1) is 12.8 Å². The van der Waals surface area contributed by atoms with E-state index in [4.69, 9.17) is 20.2 Å². The molecule has 0 saturated carbocycles. The van der Waals surface area contributed by atoms with Crippen LogP contribution in [0.4, 0.5) is 10.2 Å². The maximum absolute atomic E-state index is 12.4. The van der Waals surface area contributed by atoms with Gasteiger partial charge in [-0.1, -0.05) is 11.8 Å². The molecule has 0 spiro atoms. The Labute approximate surface area is 165 Å². The third kappa shape index (κ3) is 4.86. The Morgan fingerprint density at radius 1 is 1.22 bits per heavy atom. The average Bonchev–Trinajstić information content (AvgIpc) is 3.05. The summed E-state index contributed by atoms with van der Waals surface area (Å²) in [4.78, 5) is 14.2. The van der Waals surface area contributed by atoms with Gasteiger partial charge in [0.15, 0.2) is 16.7 Å². The summed E-state index contributed by atoms with van der Waals surface area (Å²) in [5.41, 5.74) is 7.55. The lowest BCUT2D eigenvalue weighted by atomic mass is 10.2. The minimum absolute atomic E-state index is 0.0151. The van der Waals surface area contributed by atoms with Gasteiger partial charge in [0, 0.05) is 22.4 Å². The molecule has 1 aromatic carbocycles.